The van der Waals surface area contributed by atoms with Crippen molar-refractivity contribution < 1.29 is 14.3 Å². The zero-order chi connectivity index (χ0) is 20.6. The van der Waals surface area contributed by atoms with Crippen molar-refractivity contribution in [1.82, 2.24) is 5.32 Å². The monoisotopic (exact) mass is 399 g/mol. The first-order chi connectivity index (χ1) is 13.3. The minimum absolute atomic E-state index is 0.0275. The van der Waals surface area contributed by atoms with Gasteiger partial charge in [0.2, 0.25) is 0 Å². The molecule has 0 aromatic heterocycles. The zero-order valence-electron chi connectivity index (χ0n) is 17.4. The van der Waals surface area contributed by atoms with Crippen LogP contribution in [-0.4, -0.2) is 32.2 Å². The van der Waals surface area contributed by atoms with Gasteiger partial charge >= 0.3 is 6.09 Å². The Labute approximate surface area is 170 Å². The van der Waals surface area contributed by atoms with Crippen molar-refractivity contribution in [2.45, 2.75) is 58.0 Å². The van der Waals surface area contributed by atoms with E-state index in [1.807, 2.05) is 19.1 Å². The summed E-state index contributed by atoms with van der Waals surface area (Å²) in [6, 6.07) is 21.1. The van der Waals surface area contributed by atoms with Gasteiger partial charge in [-0.1, -0.05) is 88.4 Å². The molecule has 1 atom stereocenters. The molecule has 0 saturated heterocycles. The predicted molar refractivity (Wildman–Crippen MR) is 118 cm³/mol. The molecule has 4 nitrogen and oxygen atoms in total. The fraction of sp³-hybridized carbons (Fsp3) is 0.435. The fourth-order valence-corrected chi connectivity index (χ4v) is 8.48. The summed E-state index contributed by atoms with van der Waals surface area (Å²) in [6.07, 6.45) is 1.43. The van der Waals surface area contributed by atoms with E-state index in [4.69, 9.17) is 9.53 Å². The highest BCUT2D eigenvalue weighted by Gasteiger charge is 2.49. The van der Waals surface area contributed by atoms with E-state index in [1.165, 1.54) is 10.4 Å². The second-order valence-electron chi connectivity index (χ2n) is 8.21. The standard InChI is InChI=1S/C23H33NO3Si/c1-5-19(24-22(25)26)13-12-18-27-28(23(2,3)4,20-14-8-6-9-15-20)21-16-10-7-11-17-21/h6-11,14-17,19,24H,5,12-13,18H2,1-4H3,(H,25,26). The molecule has 0 radical (unpaired) electrons. The van der Waals surface area contributed by atoms with Gasteiger partial charge in [-0.05, 0) is 34.7 Å². The second-order valence-corrected chi connectivity index (χ2v) is 12.5. The highest BCUT2D eigenvalue weighted by atomic mass is 28.4. The van der Waals surface area contributed by atoms with Crippen LogP contribution >= 0.6 is 0 Å². The first-order valence-corrected chi connectivity index (χ1v) is 12.0. The summed E-state index contributed by atoms with van der Waals surface area (Å²) in [5.74, 6) is 0. The van der Waals surface area contributed by atoms with Crippen molar-refractivity contribution in [3.63, 3.8) is 0 Å². The van der Waals surface area contributed by atoms with Gasteiger partial charge in [0, 0.05) is 12.6 Å². The van der Waals surface area contributed by atoms with Crippen LogP contribution < -0.4 is 15.7 Å². The van der Waals surface area contributed by atoms with E-state index in [-0.39, 0.29) is 11.1 Å². The summed E-state index contributed by atoms with van der Waals surface area (Å²) >= 11 is 0. The van der Waals surface area contributed by atoms with E-state index in [9.17, 15) is 4.79 Å². The number of rotatable bonds is 9. The molecule has 0 aliphatic heterocycles. The quantitative estimate of drug-likeness (QED) is 0.486. The first-order valence-electron chi connectivity index (χ1n) is 10.1. The van der Waals surface area contributed by atoms with Gasteiger partial charge in [-0.2, -0.15) is 0 Å². The average molecular weight is 400 g/mol. The maximum absolute atomic E-state index is 10.9. The minimum Gasteiger partial charge on any atom is -0.465 e. The lowest BCUT2D eigenvalue weighted by molar-refractivity contribution is 0.187. The van der Waals surface area contributed by atoms with Crippen LogP contribution in [0.2, 0.25) is 5.04 Å². The van der Waals surface area contributed by atoms with Gasteiger partial charge in [-0.25, -0.2) is 4.79 Å². The summed E-state index contributed by atoms with van der Waals surface area (Å²) in [5, 5.41) is 14.1. The molecule has 5 heteroatoms. The second kappa shape index (κ2) is 9.89. The molecule has 2 N–H and O–H groups in total. The van der Waals surface area contributed by atoms with E-state index < -0.39 is 14.4 Å². The number of hydrogen-bond acceptors (Lipinski definition) is 2. The molecule has 1 amide bonds. The van der Waals surface area contributed by atoms with Gasteiger partial charge in [0.25, 0.3) is 8.32 Å². The summed E-state index contributed by atoms with van der Waals surface area (Å²) < 4.78 is 6.83. The van der Waals surface area contributed by atoms with Crippen molar-refractivity contribution in [1.29, 1.82) is 0 Å². The van der Waals surface area contributed by atoms with Crippen molar-refractivity contribution >= 4 is 24.8 Å². The van der Waals surface area contributed by atoms with Crippen LogP contribution in [0.1, 0.15) is 47.0 Å². The summed E-state index contributed by atoms with van der Waals surface area (Å²) in [4.78, 5) is 10.9. The van der Waals surface area contributed by atoms with Crippen molar-refractivity contribution in [2.24, 2.45) is 0 Å². The van der Waals surface area contributed by atoms with E-state index in [0.29, 0.717) is 6.61 Å². The number of benzene rings is 2. The summed E-state index contributed by atoms with van der Waals surface area (Å²) in [6.45, 7) is 9.41. The molecule has 2 aromatic carbocycles. The number of carbonyl (C=O) groups is 1. The van der Waals surface area contributed by atoms with Gasteiger partial charge in [0.1, 0.15) is 0 Å². The van der Waals surface area contributed by atoms with E-state index in [1.54, 1.807) is 0 Å². The summed E-state index contributed by atoms with van der Waals surface area (Å²) in [7, 11) is -2.50. The largest absolute Gasteiger partial charge is 0.465 e. The lowest BCUT2D eigenvalue weighted by Crippen LogP contribution is -2.66. The number of hydrogen-bond donors (Lipinski definition) is 2. The van der Waals surface area contributed by atoms with E-state index in [2.05, 4.69) is 74.6 Å². The Morgan fingerprint density at radius 3 is 1.93 bits per heavy atom. The van der Waals surface area contributed by atoms with Gasteiger partial charge < -0.3 is 14.8 Å². The Morgan fingerprint density at radius 2 is 1.54 bits per heavy atom. The van der Waals surface area contributed by atoms with Crippen molar-refractivity contribution in [3.8, 4) is 0 Å². The van der Waals surface area contributed by atoms with Crippen molar-refractivity contribution in [2.75, 3.05) is 6.61 Å². The maximum Gasteiger partial charge on any atom is 0.404 e. The molecule has 0 heterocycles. The molecule has 0 fully saturated rings. The van der Waals surface area contributed by atoms with Crippen molar-refractivity contribution in [3.05, 3.63) is 60.7 Å². The van der Waals surface area contributed by atoms with Crippen LogP contribution in [0.15, 0.2) is 60.7 Å². The van der Waals surface area contributed by atoms with Crippen LogP contribution in [0.4, 0.5) is 4.79 Å². The molecule has 2 rings (SSSR count). The molecule has 0 saturated carbocycles. The fourth-order valence-electron chi connectivity index (χ4n) is 3.87. The lowest BCUT2D eigenvalue weighted by atomic mass is 10.1. The van der Waals surface area contributed by atoms with Crippen LogP contribution in [-0.2, 0) is 4.43 Å². The molecular formula is C23H33NO3Si. The molecule has 28 heavy (non-hydrogen) atoms. The first kappa shape index (κ1) is 22.2. The third-order valence-corrected chi connectivity index (χ3v) is 10.3. The van der Waals surface area contributed by atoms with E-state index >= 15 is 0 Å². The Morgan fingerprint density at radius 1 is 1.04 bits per heavy atom. The van der Waals surface area contributed by atoms with Gasteiger partial charge in [0.15, 0.2) is 0 Å². The zero-order valence-corrected chi connectivity index (χ0v) is 18.4. The topological polar surface area (TPSA) is 58.6 Å². The maximum atomic E-state index is 10.9. The van der Waals surface area contributed by atoms with Crippen LogP contribution in [0.25, 0.3) is 0 Å². The number of nitrogens with one attached hydrogen (secondary N) is 1. The molecule has 0 aliphatic rings. The van der Waals surface area contributed by atoms with Crippen LogP contribution in [0.3, 0.4) is 0 Å². The molecule has 0 aliphatic carbocycles. The van der Waals surface area contributed by atoms with Crippen LogP contribution in [0, 0.1) is 0 Å². The third kappa shape index (κ3) is 5.24. The molecule has 152 valence electrons. The van der Waals surface area contributed by atoms with Gasteiger partial charge in [0.05, 0.1) is 0 Å². The highest BCUT2D eigenvalue weighted by Crippen LogP contribution is 2.36. The molecular weight excluding hydrogens is 366 g/mol. The minimum atomic E-state index is -2.50. The van der Waals surface area contributed by atoms with Gasteiger partial charge in [-0.15, -0.1) is 0 Å². The highest BCUT2D eigenvalue weighted by molar-refractivity contribution is 6.99. The Balaban J connectivity index is 2.28. The van der Waals surface area contributed by atoms with Crippen LogP contribution in [0.5, 0.6) is 0 Å². The number of amides is 1. The average Bonchev–Trinajstić information content (AvgIpc) is 2.67. The molecule has 1 unspecified atom stereocenters. The lowest BCUT2D eigenvalue weighted by Gasteiger charge is -2.43. The third-order valence-electron chi connectivity index (χ3n) is 5.25. The van der Waals surface area contributed by atoms with Gasteiger partial charge in [-0.3, -0.25) is 0 Å². The normalized spacial score (nSPS) is 13.1. The number of carboxylic acid groups (broad SMARTS) is 1. The Kier molecular flexibility index (Phi) is 7.84. The summed E-state index contributed by atoms with van der Waals surface area (Å²) in [5.41, 5.74) is 0. The Bertz CT molecular complexity index is 689. The Hall–Kier alpha value is -2.11. The SMILES string of the molecule is CCC(CCCO[Si](c1ccccc1)(c1ccccc1)C(C)(C)C)NC(=O)O. The molecule has 0 bridgehead atoms. The molecule has 0 spiro atoms. The molecule has 2 aromatic rings. The smallest absolute Gasteiger partial charge is 0.404 e. The van der Waals surface area contributed by atoms with E-state index in [0.717, 1.165) is 19.3 Å². The predicted octanol–water partition coefficient (Wildman–Crippen LogP) is 4.39.